The molecule has 0 unspecified atom stereocenters. The maximum Gasteiger partial charge on any atom is 0.574 e. The SMILES string of the molecule is FC(F)c1c(Br)cc(OC(F)(F)F)nc1CBr. The molecule has 1 heterocycles. The van der Waals surface area contributed by atoms with E-state index >= 15 is 0 Å². The Morgan fingerprint density at radius 2 is 1.94 bits per heavy atom. The van der Waals surface area contributed by atoms with Crippen LogP contribution in [0.15, 0.2) is 10.5 Å². The van der Waals surface area contributed by atoms with Gasteiger partial charge in [-0.25, -0.2) is 13.8 Å². The molecule has 0 atom stereocenters. The van der Waals surface area contributed by atoms with Crippen molar-refractivity contribution in [3.05, 3.63) is 21.8 Å². The third-order valence-corrected chi connectivity index (χ3v) is 2.82. The zero-order valence-corrected chi connectivity index (χ0v) is 11.0. The number of nitrogens with zero attached hydrogens (tertiary/aromatic N) is 1. The van der Waals surface area contributed by atoms with Crippen molar-refractivity contribution in [1.29, 1.82) is 0 Å². The fraction of sp³-hybridized carbons (Fsp3) is 0.375. The van der Waals surface area contributed by atoms with Gasteiger partial charge in [-0.1, -0.05) is 31.9 Å². The van der Waals surface area contributed by atoms with Gasteiger partial charge >= 0.3 is 6.36 Å². The Hall–Kier alpha value is -0.440. The number of aromatic nitrogens is 1. The Morgan fingerprint density at radius 1 is 1.35 bits per heavy atom. The van der Waals surface area contributed by atoms with Gasteiger partial charge in [0, 0.05) is 15.9 Å². The summed E-state index contributed by atoms with van der Waals surface area (Å²) in [5, 5.41) is -0.111. The van der Waals surface area contributed by atoms with Crippen LogP contribution >= 0.6 is 31.9 Å². The summed E-state index contributed by atoms with van der Waals surface area (Å²) in [5.41, 5.74) is -0.676. The maximum absolute atomic E-state index is 12.6. The molecule has 1 aromatic rings. The van der Waals surface area contributed by atoms with E-state index in [4.69, 9.17) is 0 Å². The summed E-state index contributed by atoms with van der Waals surface area (Å²) in [6, 6.07) is 0.751. The average molecular weight is 385 g/mol. The highest BCUT2D eigenvalue weighted by Gasteiger charge is 2.32. The third kappa shape index (κ3) is 4.06. The third-order valence-electron chi connectivity index (χ3n) is 1.63. The van der Waals surface area contributed by atoms with Crippen molar-refractivity contribution < 1.29 is 26.7 Å². The lowest BCUT2D eigenvalue weighted by atomic mass is 10.2. The first-order valence-corrected chi connectivity index (χ1v) is 5.95. The van der Waals surface area contributed by atoms with Crippen LogP contribution in [0.1, 0.15) is 17.7 Å². The lowest BCUT2D eigenvalue weighted by Gasteiger charge is -2.12. The number of alkyl halides is 6. The molecule has 0 aliphatic carbocycles. The standard InChI is InChI=1S/C8H4Br2F5NO/c9-2-4-6(7(11)12)3(10)1-5(16-4)17-8(13,14)15/h1,7H,2H2. The lowest BCUT2D eigenvalue weighted by molar-refractivity contribution is -0.276. The van der Waals surface area contributed by atoms with Crippen molar-refractivity contribution in [2.24, 2.45) is 0 Å². The van der Waals surface area contributed by atoms with E-state index in [-0.39, 0.29) is 15.5 Å². The molecule has 0 amide bonds. The lowest BCUT2D eigenvalue weighted by Crippen LogP contribution is -2.18. The van der Waals surface area contributed by atoms with Gasteiger partial charge in [-0.15, -0.1) is 13.2 Å². The number of halogens is 7. The molecule has 96 valence electrons. The van der Waals surface area contributed by atoms with Gasteiger partial charge in [0.05, 0.1) is 11.3 Å². The van der Waals surface area contributed by atoms with E-state index in [1.54, 1.807) is 0 Å². The topological polar surface area (TPSA) is 22.1 Å². The van der Waals surface area contributed by atoms with Crippen LogP contribution in [0.5, 0.6) is 5.88 Å². The van der Waals surface area contributed by atoms with Gasteiger partial charge in [0.15, 0.2) is 0 Å². The minimum Gasteiger partial charge on any atom is -0.388 e. The fourth-order valence-electron chi connectivity index (χ4n) is 1.05. The highest BCUT2D eigenvalue weighted by Crippen LogP contribution is 2.34. The number of pyridine rings is 1. The Balaban J connectivity index is 3.18. The molecule has 0 bridgehead atoms. The van der Waals surface area contributed by atoms with Crippen LogP contribution in [-0.4, -0.2) is 11.3 Å². The van der Waals surface area contributed by atoms with Gasteiger partial charge in [-0.3, -0.25) is 0 Å². The van der Waals surface area contributed by atoms with Crippen LogP contribution in [0.3, 0.4) is 0 Å². The van der Waals surface area contributed by atoms with Gasteiger partial charge in [0.1, 0.15) is 0 Å². The maximum atomic E-state index is 12.6. The highest BCUT2D eigenvalue weighted by atomic mass is 79.9. The van der Waals surface area contributed by atoms with E-state index in [2.05, 4.69) is 41.6 Å². The zero-order valence-electron chi connectivity index (χ0n) is 7.86. The quantitative estimate of drug-likeness (QED) is 0.562. The first kappa shape index (κ1) is 14.6. The van der Waals surface area contributed by atoms with Crippen LogP contribution in [0, 0.1) is 0 Å². The molecule has 9 heteroatoms. The van der Waals surface area contributed by atoms with E-state index in [0.29, 0.717) is 0 Å². The minimum atomic E-state index is -4.91. The van der Waals surface area contributed by atoms with Gasteiger partial charge in [0.25, 0.3) is 6.43 Å². The smallest absolute Gasteiger partial charge is 0.388 e. The molecule has 2 nitrogen and oxygen atoms in total. The molecule has 0 fully saturated rings. The monoisotopic (exact) mass is 383 g/mol. The molecule has 0 saturated carbocycles. The second kappa shape index (κ2) is 5.47. The zero-order chi connectivity index (χ0) is 13.2. The Morgan fingerprint density at radius 3 is 2.35 bits per heavy atom. The predicted octanol–water partition coefficient (Wildman–Crippen LogP) is 4.58. The average Bonchev–Trinajstić information content (AvgIpc) is 2.12. The summed E-state index contributed by atoms with van der Waals surface area (Å²) in [5.74, 6) is -0.789. The summed E-state index contributed by atoms with van der Waals surface area (Å²) in [6.45, 7) is 0. The number of hydrogen-bond donors (Lipinski definition) is 0. The van der Waals surface area contributed by atoms with Crippen molar-refractivity contribution in [2.45, 2.75) is 18.1 Å². The first-order chi connectivity index (χ1) is 7.74. The summed E-state index contributed by atoms with van der Waals surface area (Å²) < 4.78 is 64.3. The van der Waals surface area contributed by atoms with Gasteiger partial charge in [-0.05, 0) is 0 Å². The first-order valence-electron chi connectivity index (χ1n) is 4.03. The summed E-state index contributed by atoms with van der Waals surface area (Å²) in [6.07, 6.45) is -7.76. The van der Waals surface area contributed by atoms with Crippen LogP contribution < -0.4 is 4.74 Å². The van der Waals surface area contributed by atoms with Crippen molar-refractivity contribution in [3.8, 4) is 5.88 Å². The van der Waals surface area contributed by atoms with Gasteiger partial charge < -0.3 is 4.74 Å². The second-order valence-electron chi connectivity index (χ2n) is 2.78. The van der Waals surface area contributed by atoms with Gasteiger partial charge in [0.2, 0.25) is 5.88 Å². The summed E-state index contributed by atoms with van der Waals surface area (Å²) in [7, 11) is 0. The predicted molar refractivity (Wildman–Crippen MR) is 56.2 cm³/mol. The van der Waals surface area contributed by atoms with Crippen LogP contribution in [0.2, 0.25) is 0 Å². The molecular formula is C8H4Br2F5NO. The molecule has 0 N–H and O–H groups in total. The molecule has 1 rings (SSSR count). The molecule has 0 spiro atoms. The molecule has 0 aliphatic rings. The van der Waals surface area contributed by atoms with Crippen LogP contribution in [0.25, 0.3) is 0 Å². The molecule has 17 heavy (non-hydrogen) atoms. The van der Waals surface area contributed by atoms with E-state index < -0.39 is 24.2 Å². The molecule has 0 aliphatic heterocycles. The fourth-order valence-corrected chi connectivity index (χ4v) is 2.08. The van der Waals surface area contributed by atoms with Crippen LogP contribution in [-0.2, 0) is 5.33 Å². The van der Waals surface area contributed by atoms with E-state index in [9.17, 15) is 22.0 Å². The minimum absolute atomic E-state index is 0.111. The second-order valence-corrected chi connectivity index (χ2v) is 4.20. The molecule has 0 saturated heterocycles. The molecule has 0 radical (unpaired) electrons. The van der Waals surface area contributed by atoms with Gasteiger partial charge in [-0.2, -0.15) is 0 Å². The number of hydrogen-bond acceptors (Lipinski definition) is 2. The van der Waals surface area contributed by atoms with E-state index in [1.807, 2.05) is 0 Å². The Bertz CT molecular complexity index is 410. The summed E-state index contributed by atoms with van der Waals surface area (Å²) in [4.78, 5) is 3.36. The normalized spacial score (nSPS) is 12.0. The van der Waals surface area contributed by atoms with Crippen molar-refractivity contribution in [2.75, 3.05) is 0 Å². The molecule has 0 aromatic carbocycles. The van der Waals surface area contributed by atoms with E-state index in [1.165, 1.54) is 0 Å². The molecular weight excluding hydrogens is 381 g/mol. The van der Waals surface area contributed by atoms with E-state index in [0.717, 1.165) is 6.07 Å². The Labute approximate surface area is 109 Å². The van der Waals surface area contributed by atoms with Crippen LogP contribution in [0.4, 0.5) is 22.0 Å². The summed E-state index contributed by atoms with van der Waals surface area (Å²) >= 11 is 5.63. The highest BCUT2D eigenvalue weighted by molar-refractivity contribution is 9.10. The van der Waals surface area contributed by atoms with Crippen molar-refractivity contribution in [1.82, 2.24) is 4.98 Å². The van der Waals surface area contributed by atoms with Crippen molar-refractivity contribution >= 4 is 31.9 Å². The Kier molecular flexibility index (Phi) is 4.70. The largest absolute Gasteiger partial charge is 0.574 e. The molecule has 1 aromatic heterocycles. The van der Waals surface area contributed by atoms with Crippen molar-refractivity contribution in [3.63, 3.8) is 0 Å². The number of rotatable bonds is 3. The number of ether oxygens (including phenoxy) is 1.